The third-order valence-electron chi connectivity index (χ3n) is 5.38. The van der Waals surface area contributed by atoms with Gasteiger partial charge < -0.3 is 4.90 Å². The molecule has 1 amide bonds. The van der Waals surface area contributed by atoms with Crippen LogP contribution in [-0.2, 0) is 0 Å². The number of carbonyl (C=O) groups is 1. The summed E-state index contributed by atoms with van der Waals surface area (Å²) in [7, 11) is 0. The Morgan fingerprint density at radius 1 is 1.10 bits per heavy atom. The lowest BCUT2D eigenvalue weighted by Crippen LogP contribution is -2.33. The number of nitriles is 1. The Kier molecular flexibility index (Phi) is 5.32. The second-order valence-electron chi connectivity index (χ2n) is 7.00. The van der Waals surface area contributed by atoms with Gasteiger partial charge in [0.05, 0.1) is 17.2 Å². The molecule has 0 spiro atoms. The highest BCUT2D eigenvalue weighted by Crippen LogP contribution is 2.30. The number of rotatable bonds is 4. The van der Waals surface area contributed by atoms with Crippen LogP contribution in [0, 0.1) is 11.3 Å². The van der Waals surface area contributed by atoms with E-state index in [1.165, 1.54) is 0 Å². The van der Waals surface area contributed by atoms with Crippen LogP contribution in [-0.4, -0.2) is 33.6 Å². The average Bonchev–Trinajstić information content (AvgIpc) is 3.18. The zero-order valence-electron chi connectivity index (χ0n) is 17.0. The maximum atomic E-state index is 13.1. The fourth-order valence-electron chi connectivity index (χ4n) is 3.80. The molecule has 0 aliphatic heterocycles. The van der Waals surface area contributed by atoms with Crippen molar-refractivity contribution < 1.29 is 4.79 Å². The van der Waals surface area contributed by atoms with Crippen molar-refractivity contribution in [1.29, 1.82) is 5.26 Å². The Labute approximate surface area is 175 Å². The molecule has 30 heavy (non-hydrogen) atoms. The van der Waals surface area contributed by atoms with Crippen molar-refractivity contribution >= 4 is 39.4 Å². The van der Waals surface area contributed by atoms with Gasteiger partial charge in [0, 0.05) is 48.0 Å². The Balaban J connectivity index is 1.90. The van der Waals surface area contributed by atoms with Crippen LogP contribution in [0.5, 0.6) is 0 Å². The standard InChI is InChI=1S/C25H22N4O/c1-3-28(4-2)25(30)29-17-23(22-10-5-6-11-24(22)29)20(15-26)14-18-8-7-9-19-16-27-13-12-21(18)19/h5-14,16-17H,3-4H2,1-2H3/b20-14+. The summed E-state index contributed by atoms with van der Waals surface area (Å²) < 4.78 is 1.65. The zero-order valence-corrected chi connectivity index (χ0v) is 17.0. The minimum absolute atomic E-state index is 0.0871. The molecule has 0 unspecified atom stereocenters. The molecule has 5 nitrogen and oxygen atoms in total. The molecule has 0 aliphatic carbocycles. The van der Waals surface area contributed by atoms with E-state index in [9.17, 15) is 10.1 Å². The summed E-state index contributed by atoms with van der Waals surface area (Å²) in [6.07, 6.45) is 7.23. The summed E-state index contributed by atoms with van der Waals surface area (Å²) in [6, 6.07) is 17.8. The molecule has 0 aliphatic rings. The number of carbonyl (C=O) groups excluding carboxylic acids is 1. The van der Waals surface area contributed by atoms with Crippen molar-refractivity contribution in [1.82, 2.24) is 14.5 Å². The molecule has 0 N–H and O–H groups in total. The van der Waals surface area contributed by atoms with Crippen molar-refractivity contribution in [2.45, 2.75) is 13.8 Å². The summed E-state index contributed by atoms with van der Waals surface area (Å²) >= 11 is 0. The normalized spacial score (nSPS) is 11.6. The summed E-state index contributed by atoms with van der Waals surface area (Å²) in [6.45, 7) is 5.18. The van der Waals surface area contributed by atoms with Crippen LogP contribution in [0.25, 0.3) is 33.3 Å². The predicted molar refractivity (Wildman–Crippen MR) is 121 cm³/mol. The molecule has 0 bridgehead atoms. The lowest BCUT2D eigenvalue weighted by molar-refractivity contribution is 0.206. The van der Waals surface area contributed by atoms with Crippen molar-refractivity contribution in [3.8, 4) is 6.07 Å². The van der Waals surface area contributed by atoms with Crippen LogP contribution in [0.1, 0.15) is 25.0 Å². The molecule has 0 atom stereocenters. The maximum Gasteiger partial charge on any atom is 0.328 e. The van der Waals surface area contributed by atoms with Crippen molar-refractivity contribution in [2.75, 3.05) is 13.1 Å². The molecular weight excluding hydrogens is 372 g/mol. The second kappa shape index (κ2) is 8.22. The summed E-state index contributed by atoms with van der Waals surface area (Å²) in [5.41, 5.74) is 3.01. The monoisotopic (exact) mass is 394 g/mol. The van der Waals surface area contributed by atoms with Crippen molar-refractivity contribution in [3.05, 3.63) is 78.2 Å². The van der Waals surface area contributed by atoms with E-state index in [1.54, 1.807) is 21.9 Å². The van der Waals surface area contributed by atoms with Gasteiger partial charge in [0.25, 0.3) is 0 Å². The van der Waals surface area contributed by atoms with E-state index in [0.29, 0.717) is 18.7 Å². The smallest absolute Gasteiger partial charge is 0.325 e. The Bertz CT molecular complexity index is 1300. The van der Waals surface area contributed by atoms with Crippen LogP contribution in [0.15, 0.2) is 67.1 Å². The molecule has 0 fully saturated rings. The number of allylic oxidation sites excluding steroid dienone is 1. The average molecular weight is 394 g/mol. The van der Waals surface area contributed by atoms with Gasteiger partial charge in [-0.15, -0.1) is 0 Å². The Morgan fingerprint density at radius 2 is 1.90 bits per heavy atom. The minimum atomic E-state index is -0.0871. The van der Waals surface area contributed by atoms with E-state index in [-0.39, 0.29) is 6.03 Å². The van der Waals surface area contributed by atoms with E-state index in [1.807, 2.05) is 74.7 Å². The van der Waals surface area contributed by atoms with Gasteiger partial charge in [0.1, 0.15) is 0 Å². The van der Waals surface area contributed by atoms with Gasteiger partial charge in [0.15, 0.2) is 0 Å². The zero-order chi connectivity index (χ0) is 21.1. The molecule has 0 saturated carbocycles. The van der Waals surface area contributed by atoms with Gasteiger partial charge >= 0.3 is 6.03 Å². The summed E-state index contributed by atoms with van der Waals surface area (Å²) in [5, 5.41) is 12.9. The molecular formula is C25H22N4O. The first-order valence-electron chi connectivity index (χ1n) is 10.0. The van der Waals surface area contributed by atoms with Gasteiger partial charge in [-0.2, -0.15) is 5.26 Å². The molecule has 0 radical (unpaired) electrons. The highest BCUT2D eigenvalue weighted by atomic mass is 16.2. The third kappa shape index (κ3) is 3.33. The van der Waals surface area contributed by atoms with Crippen LogP contribution < -0.4 is 0 Å². The number of fused-ring (bicyclic) bond motifs is 2. The van der Waals surface area contributed by atoms with Crippen LogP contribution in [0.4, 0.5) is 4.79 Å². The SMILES string of the molecule is CCN(CC)C(=O)n1cc(/C(C#N)=C/c2cccc3cnccc23)c2ccccc21. The topological polar surface area (TPSA) is 61.9 Å². The van der Waals surface area contributed by atoms with Gasteiger partial charge in [0.2, 0.25) is 0 Å². The molecule has 4 rings (SSSR count). The largest absolute Gasteiger partial charge is 0.328 e. The third-order valence-corrected chi connectivity index (χ3v) is 5.38. The molecule has 5 heteroatoms. The summed E-state index contributed by atoms with van der Waals surface area (Å²) in [5.74, 6) is 0. The number of nitrogens with zero attached hydrogens (tertiary/aromatic N) is 4. The molecule has 2 aromatic heterocycles. The minimum Gasteiger partial charge on any atom is -0.325 e. The lowest BCUT2D eigenvalue weighted by atomic mass is 10.00. The Hall–Kier alpha value is -3.91. The highest BCUT2D eigenvalue weighted by molar-refractivity contribution is 6.06. The lowest BCUT2D eigenvalue weighted by Gasteiger charge is -2.19. The van der Waals surface area contributed by atoms with Gasteiger partial charge in [-0.05, 0) is 43.0 Å². The number of aromatic nitrogens is 2. The number of hydrogen-bond acceptors (Lipinski definition) is 3. The van der Waals surface area contributed by atoms with E-state index in [4.69, 9.17) is 0 Å². The van der Waals surface area contributed by atoms with Crippen molar-refractivity contribution in [2.24, 2.45) is 0 Å². The number of hydrogen-bond donors (Lipinski definition) is 0. The number of pyridine rings is 1. The second-order valence-corrected chi connectivity index (χ2v) is 7.00. The first-order valence-corrected chi connectivity index (χ1v) is 10.0. The highest BCUT2D eigenvalue weighted by Gasteiger charge is 2.19. The molecule has 0 saturated heterocycles. The van der Waals surface area contributed by atoms with Gasteiger partial charge in [-0.25, -0.2) is 4.79 Å². The Morgan fingerprint density at radius 3 is 2.67 bits per heavy atom. The summed E-state index contributed by atoms with van der Waals surface area (Å²) in [4.78, 5) is 19.0. The molecule has 2 aromatic carbocycles. The van der Waals surface area contributed by atoms with Crippen LogP contribution in [0.2, 0.25) is 0 Å². The van der Waals surface area contributed by atoms with Crippen molar-refractivity contribution in [3.63, 3.8) is 0 Å². The molecule has 4 aromatic rings. The maximum absolute atomic E-state index is 13.1. The fraction of sp³-hybridized carbons (Fsp3) is 0.160. The van der Waals surface area contributed by atoms with Crippen LogP contribution in [0.3, 0.4) is 0 Å². The number of benzene rings is 2. The van der Waals surface area contributed by atoms with Crippen LogP contribution >= 0.6 is 0 Å². The molecule has 2 heterocycles. The number of amides is 1. The van der Waals surface area contributed by atoms with E-state index in [2.05, 4.69) is 11.1 Å². The van der Waals surface area contributed by atoms with Gasteiger partial charge in [-0.1, -0.05) is 36.4 Å². The number of para-hydroxylation sites is 1. The van der Waals surface area contributed by atoms with E-state index >= 15 is 0 Å². The van der Waals surface area contributed by atoms with E-state index < -0.39 is 0 Å². The predicted octanol–water partition coefficient (Wildman–Crippen LogP) is 5.56. The first kappa shape index (κ1) is 19.4. The quantitative estimate of drug-likeness (QED) is 0.426. The van der Waals surface area contributed by atoms with Gasteiger partial charge in [-0.3, -0.25) is 9.55 Å². The van der Waals surface area contributed by atoms with E-state index in [0.717, 1.165) is 32.8 Å². The molecule has 148 valence electrons. The first-order chi connectivity index (χ1) is 14.7. The fourth-order valence-corrected chi connectivity index (χ4v) is 3.80.